The molecule has 0 radical (unpaired) electrons. The average Bonchev–Trinajstić information content (AvgIpc) is 3.28. The van der Waals surface area contributed by atoms with E-state index in [1.807, 2.05) is 47.0 Å². The molecule has 1 N–H and O–H groups in total. The third-order valence-electron chi connectivity index (χ3n) is 6.03. The number of benzene rings is 3. The number of carbonyl (C=O) groups excluding carboxylic acids is 1. The molecule has 4 rings (SSSR count). The first-order valence-corrected chi connectivity index (χ1v) is 13.0. The summed E-state index contributed by atoms with van der Waals surface area (Å²) in [6, 6.07) is 21.8. The minimum Gasteiger partial charge on any atom is -0.325 e. The third kappa shape index (κ3) is 5.77. The lowest BCUT2D eigenvalue weighted by atomic mass is 9.97. The van der Waals surface area contributed by atoms with Crippen LogP contribution < -0.4 is 5.32 Å². The van der Waals surface area contributed by atoms with Gasteiger partial charge in [0.25, 0.3) is 0 Å². The van der Waals surface area contributed by atoms with E-state index in [9.17, 15) is 4.79 Å². The van der Waals surface area contributed by atoms with Gasteiger partial charge in [0.1, 0.15) is 0 Å². The molecule has 35 heavy (non-hydrogen) atoms. The minimum absolute atomic E-state index is 0.0782. The van der Waals surface area contributed by atoms with Crippen molar-refractivity contribution < 1.29 is 4.79 Å². The van der Waals surface area contributed by atoms with Crippen LogP contribution in [0.3, 0.4) is 0 Å². The molecular weight excluding hydrogens is 476 g/mol. The number of anilines is 1. The van der Waals surface area contributed by atoms with Gasteiger partial charge < -0.3 is 5.32 Å². The summed E-state index contributed by atoms with van der Waals surface area (Å²) in [7, 11) is 0. The van der Waals surface area contributed by atoms with Crippen molar-refractivity contribution in [2.75, 3.05) is 11.1 Å². The highest BCUT2D eigenvalue weighted by Gasteiger charge is 2.19. The molecule has 0 aliphatic carbocycles. The zero-order valence-electron chi connectivity index (χ0n) is 20.4. The van der Waals surface area contributed by atoms with Gasteiger partial charge in [0.05, 0.1) is 11.4 Å². The second-order valence-electron chi connectivity index (χ2n) is 8.68. The van der Waals surface area contributed by atoms with E-state index in [-0.39, 0.29) is 11.7 Å². The molecule has 0 saturated carbocycles. The Kier molecular flexibility index (Phi) is 7.93. The van der Waals surface area contributed by atoms with E-state index in [2.05, 4.69) is 67.5 Å². The molecule has 7 heteroatoms. The van der Waals surface area contributed by atoms with Crippen LogP contribution in [0.2, 0.25) is 5.02 Å². The van der Waals surface area contributed by atoms with Gasteiger partial charge in [-0.25, -0.2) is 0 Å². The Morgan fingerprint density at radius 1 is 1.06 bits per heavy atom. The summed E-state index contributed by atoms with van der Waals surface area (Å²) >= 11 is 7.63. The van der Waals surface area contributed by atoms with Crippen LogP contribution in [0, 0.1) is 13.8 Å². The van der Waals surface area contributed by atoms with Gasteiger partial charge in [0, 0.05) is 16.3 Å². The van der Waals surface area contributed by atoms with Gasteiger partial charge in [-0.1, -0.05) is 79.7 Å². The van der Waals surface area contributed by atoms with Crippen LogP contribution in [-0.2, 0) is 4.79 Å². The van der Waals surface area contributed by atoms with Crippen LogP contribution in [0.15, 0.2) is 71.9 Å². The molecule has 0 aliphatic heterocycles. The number of nitrogens with zero attached hydrogens (tertiary/aromatic N) is 3. The van der Waals surface area contributed by atoms with Crippen molar-refractivity contribution >= 4 is 35.0 Å². The van der Waals surface area contributed by atoms with Crippen LogP contribution in [0.1, 0.15) is 42.9 Å². The zero-order chi connectivity index (χ0) is 24.9. The number of para-hydroxylation sites is 1. The molecular formula is C28H29ClN4OS. The Bertz CT molecular complexity index is 1350. The Labute approximate surface area is 215 Å². The van der Waals surface area contributed by atoms with E-state index >= 15 is 0 Å². The molecule has 0 spiro atoms. The molecule has 1 atom stereocenters. The fourth-order valence-electron chi connectivity index (χ4n) is 3.93. The summed E-state index contributed by atoms with van der Waals surface area (Å²) in [5.74, 6) is 1.19. The second kappa shape index (κ2) is 11.1. The van der Waals surface area contributed by atoms with E-state index in [4.69, 9.17) is 11.6 Å². The molecule has 180 valence electrons. The van der Waals surface area contributed by atoms with E-state index < -0.39 is 0 Å². The summed E-state index contributed by atoms with van der Waals surface area (Å²) in [6.07, 6.45) is 1.01. The number of hydrogen-bond donors (Lipinski definition) is 1. The monoisotopic (exact) mass is 504 g/mol. The molecule has 0 unspecified atom stereocenters. The second-order valence-corrected chi connectivity index (χ2v) is 10.1. The molecule has 1 amide bonds. The first kappa shape index (κ1) is 25.0. The molecule has 0 bridgehead atoms. The van der Waals surface area contributed by atoms with Gasteiger partial charge in [0.15, 0.2) is 11.0 Å². The van der Waals surface area contributed by atoms with Crippen LogP contribution >= 0.6 is 23.4 Å². The Morgan fingerprint density at radius 2 is 1.86 bits per heavy atom. The topological polar surface area (TPSA) is 59.8 Å². The lowest BCUT2D eigenvalue weighted by molar-refractivity contribution is -0.113. The molecule has 5 nitrogen and oxygen atoms in total. The minimum atomic E-state index is -0.0782. The predicted octanol–water partition coefficient (Wildman–Crippen LogP) is 7.45. The number of aryl methyl sites for hydroxylation is 2. The summed E-state index contributed by atoms with van der Waals surface area (Å²) < 4.78 is 2.01. The fourth-order valence-corrected chi connectivity index (χ4v) is 4.87. The lowest BCUT2D eigenvalue weighted by Gasteiger charge is -2.16. The normalized spacial score (nSPS) is 11.9. The maximum absolute atomic E-state index is 12.9. The van der Waals surface area contributed by atoms with Gasteiger partial charge in [0.2, 0.25) is 5.91 Å². The average molecular weight is 505 g/mol. The van der Waals surface area contributed by atoms with Gasteiger partial charge >= 0.3 is 0 Å². The van der Waals surface area contributed by atoms with E-state index in [1.54, 1.807) is 0 Å². The number of rotatable bonds is 8. The van der Waals surface area contributed by atoms with Crippen LogP contribution in [-0.4, -0.2) is 26.4 Å². The number of carbonyl (C=O) groups is 1. The molecule has 1 heterocycles. The number of halogens is 1. The summed E-state index contributed by atoms with van der Waals surface area (Å²) in [6.45, 7) is 8.44. The Hall–Kier alpha value is -3.09. The Morgan fingerprint density at radius 3 is 2.63 bits per heavy atom. The first-order valence-electron chi connectivity index (χ1n) is 11.7. The molecule has 1 aromatic heterocycles. The number of thioether (sulfide) groups is 1. The molecule has 0 fully saturated rings. The highest BCUT2D eigenvalue weighted by Crippen LogP contribution is 2.32. The summed E-state index contributed by atoms with van der Waals surface area (Å²) in [4.78, 5) is 12.9. The highest BCUT2D eigenvalue weighted by molar-refractivity contribution is 7.99. The maximum Gasteiger partial charge on any atom is 0.234 e. The van der Waals surface area contributed by atoms with Crippen molar-refractivity contribution in [2.24, 2.45) is 0 Å². The van der Waals surface area contributed by atoms with Crippen molar-refractivity contribution in [1.29, 1.82) is 0 Å². The third-order valence-corrected chi connectivity index (χ3v) is 7.20. The first-order chi connectivity index (χ1) is 16.9. The standard InChI is InChI=1S/C28H29ClN4OS/c1-5-19(3)23-11-6-7-12-24(23)30-26(34)17-35-28-32-31-27(21-9-8-10-22(29)16-21)33(28)25-15-18(2)13-14-20(25)4/h6-16,19H,5,17H2,1-4H3,(H,30,34)/t19-/m0/s1. The molecule has 3 aromatic carbocycles. The van der Waals surface area contributed by atoms with E-state index in [1.165, 1.54) is 11.8 Å². The van der Waals surface area contributed by atoms with Crippen molar-refractivity contribution in [3.8, 4) is 17.1 Å². The highest BCUT2D eigenvalue weighted by atomic mass is 35.5. The van der Waals surface area contributed by atoms with Crippen molar-refractivity contribution in [3.63, 3.8) is 0 Å². The zero-order valence-corrected chi connectivity index (χ0v) is 22.0. The summed E-state index contributed by atoms with van der Waals surface area (Å²) in [5, 5.41) is 13.3. The number of amides is 1. The van der Waals surface area contributed by atoms with Gasteiger partial charge in [-0.2, -0.15) is 0 Å². The van der Waals surface area contributed by atoms with E-state index in [0.29, 0.717) is 21.9 Å². The molecule has 4 aromatic rings. The molecule has 0 saturated heterocycles. The Balaban J connectivity index is 1.63. The van der Waals surface area contributed by atoms with Crippen LogP contribution in [0.25, 0.3) is 17.1 Å². The van der Waals surface area contributed by atoms with Crippen molar-refractivity contribution in [2.45, 2.75) is 45.2 Å². The van der Waals surface area contributed by atoms with Gasteiger partial charge in [-0.3, -0.25) is 9.36 Å². The number of nitrogens with one attached hydrogen (secondary N) is 1. The predicted molar refractivity (Wildman–Crippen MR) is 146 cm³/mol. The number of aromatic nitrogens is 3. The van der Waals surface area contributed by atoms with Crippen molar-refractivity contribution in [1.82, 2.24) is 14.8 Å². The quantitative estimate of drug-likeness (QED) is 0.253. The smallest absolute Gasteiger partial charge is 0.234 e. The van der Waals surface area contributed by atoms with Gasteiger partial charge in [-0.15, -0.1) is 10.2 Å². The lowest BCUT2D eigenvalue weighted by Crippen LogP contribution is -2.16. The summed E-state index contributed by atoms with van der Waals surface area (Å²) in [5.41, 5.74) is 6.08. The SMILES string of the molecule is CC[C@H](C)c1ccccc1NC(=O)CSc1nnc(-c2cccc(Cl)c2)n1-c1cc(C)ccc1C. The van der Waals surface area contributed by atoms with Crippen LogP contribution in [0.4, 0.5) is 5.69 Å². The largest absolute Gasteiger partial charge is 0.325 e. The fraction of sp³-hybridized carbons (Fsp3) is 0.250. The maximum atomic E-state index is 12.9. The number of hydrogen-bond acceptors (Lipinski definition) is 4. The van der Waals surface area contributed by atoms with Crippen LogP contribution in [0.5, 0.6) is 0 Å². The van der Waals surface area contributed by atoms with Crippen molar-refractivity contribution in [3.05, 3.63) is 88.4 Å². The van der Waals surface area contributed by atoms with E-state index in [0.717, 1.165) is 40.0 Å². The molecule has 0 aliphatic rings. The van der Waals surface area contributed by atoms with Gasteiger partial charge in [-0.05, 0) is 67.1 Å².